The third-order valence-electron chi connectivity index (χ3n) is 3.92. The lowest BCUT2D eigenvalue weighted by Gasteiger charge is -2.25. The molecule has 134 valence electrons. The van der Waals surface area contributed by atoms with Gasteiger partial charge in [0.25, 0.3) is 0 Å². The lowest BCUT2D eigenvalue weighted by Crippen LogP contribution is -2.31. The first-order chi connectivity index (χ1) is 12.6. The van der Waals surface area contributed by atoms with Crippen molar-refractivity contribution in [2.45, 2.75) is 12.3 Å². The normalized spacial score (nSPS) is 11.1. The summed E-state index contributed by atoms with van der Waals surface area (Å²) < 4.78 is 33.0. The average molecular weight is 368 g/mol. The number of anilines is 1. The summed E-state index contributed by atoms with van der Waals surface area (Å²) in [7, 11) is -2.04. The zero-order valence-electron chi connectivity index (χ0n) is 14.4. The summed E-state index contributed by atoms with van der Waals surface area (Å²) in [5, 5.41) is 0. The van der Waals surface area contributed by atoms with Gasteiger partial charge in [-0.2, -0.15) is 0 Å². The fraction of sp³-hybridized carbons (Fsp3) is 0.150. The highest BCUT2D eigenvalue weighted by Gasteiger charge is 2.24. The Bertz CT molecular complexity index is 945. The Labute approximate surface area is 153 Å². The summed E-state index contributed by atoms with van der Waals surface area (Å²) in [5.41, 5.74) is 2.11. The van der Waals surface area contributed by atoms with Gasteiger partial charge in [0, 0.05) is 18.5 Å². The molecule has 0 amide bonds. The smallest absolute Gasteiger partial charge is 0.239 e. The van der Waals surface area contributed by atoms with Gasteiger partial charge in [-0.1, -0.05) is 42.5 Å². The lowest BCUT2D eigenvalue weighted by molar-refractivity contribution is 0.415. The summed E-state index contributed by atoms with van der Waals surface area (Å²) in [6.45, 7) is 0.205. The molecule has 0 aliphatic rings. The third-order valence-corrected chi connectivity index (χ3v) is 5.63. The fourth-order valence-corrected chi connectivity index (χ4v) is 4.19. The maximum atomic E-state index is 13.2. The Morgan fingerprint density at radius 1 is 0.962 bits per heavy atom. The molecule has 0 radical (unpaired) electrons. The van der Waals surface area contributed by atoms with Crippen molar-refractivity contribution < 1.29 is 13.2 Å². The van der Waals surface area contributed by atoms with E-state index in [0.717, 1.165) is 11.1 Å². The van der Waals surface area contributed by atoms with Crippen molar-refractivity contribution in [2.24, 2.45) is 0 Å². The standard InChI is InChI=1S/C20H20N2O3S/c1-25-20-11-5-10-19(13-20)22(15-18-9-6-12-21-14-18)26(23,24)16-17-7-3-2-4-8-17/h2-14H,15-16H2,1H3. The molecule has 5 nitrogen and oxygen atoms in total. The lowest BCUT2D eigenvalue weighted by atomic mass is 10.2. The topological polar surface area (TPSA) is 59.5 Å². The number of ether oxygens (including phenoxy) is 1. The number of nitrogens with zero attached hydrogens (tertiary/aromatic N) is 2. The van der Waals surface area contributed by atoms with Gasteiger partial charge < -0.3 is 4.74 Å². The van der Waals surface area contributed by atoms with Gasteiger partial charge in [0.15, 0.2) is 0 Å². The summed E-state index contributed by atoms with van der Waals surface area (Å²) in [5.74, 6) is 0.527. The van der Waals surface area contributed by atoms with Gasteiger partial charge in [-0.15, -0.1) is 0 Å². The Morgan fingerprint density at radius 2 is 1.73 bits per heavy atom. The zero-order chi connectivity index (χ0) is 18.4. The summed E-state index contributed by atoms with van der Waals surface area (Å²) in [4.78, 5) is 4.09. The van der Waals surface area contributed by atoms with E-state index >= 15 is 0 Å². The molecule has 1 aromatic heterocycles. The second kappa shape index (κ2) is 8.01. The number of rotatable bonds is 7. The molecule has 0 fully saturated rings. The fourth-order valence-electron chi connectivity index (χ4n) is 2.64. The summed E-state index contributed by atoms with van der Waals surface area (Å²) in [6, 6.07) is 19.9. The van der Waals surface area contributed by atoms with E-state index in [0.29, 0.717) is 11.4 Å². The molecule has 0 spiro atoms. The maximum absolute atomic E-state index is 13.2. The van der Waals surface area contributed by atoms with Crippen LogP contribution in [0.3, 0.4) is 0 Å². The van der Waals surface area contributed by atoms with Crippen LogP contribution in [0.1, 0.15) is 11.1 Å². The first-order valence-corrected chi connectivity index (χ1v) is 9.77. The van der Waals surface area contributed by atoms with Gasteiger partial charge in [0.05, 0.1) is 25.1 Å². The largest absolute Gasteiger partial charge is 0.497 e. The Morgan fingerprint density at radius 3 is 2.42 bits per heavy atom. The SMILES string of the molecule is COc1cccc(N(Cc2cccnc2)S(=O)(=O)Cc2ccccc2)c1. The minimum atomic E-state index is -3.60. The number of aromatic nitrogens is 1. The molecule has 0 N–H and O–H groups in total. The first kappa shape index (κ1) is 17.9. The number of hydrogen-bond acceptors (Lipinski definition) is 4. The van der Waals surface area contributed by atoms with Gasteiger partial charge in [-0.25, -0.2) is 8.42 Å². The van der Waals surface area contributed by atoms with E-state index in [1.165, 1.54) is 4.31 Å². The quantitative estimate of drug-likeness (QED) is 0.639. The van der Waals surface area contributed by atoms with Crippen LogP contribution in [0, 0.1) is 0 Å². The maximum Gasteiger partial charge on any atom is 0.239 e. The molecule has 6 heteroatoms. The molecule has 3 rings (SSSR count). The van der Waals surface area contributed by atoms with Crippen LogP contribution in [0.15, 0.2) is 79.1 Å². The molecule has 0 unspecified atom stereocenters. The van der Waals surface area contributed by atoms with E-state index in [9.17, 15) is 8.42 Å². The van der Waals surface area contributed by atoms with Gasteiger partial charge >= 0.3 is 0 Å². The monoisotopic (exact) mass is 368 g/mol. The van der Waals surface area contributed by atoms with Crippen molar-refractivity contribution in [3.05, 3.63) is 90.3 Å². The highest BCUT2D eigenvalue weighted by Crippen LogP contribution is 2.27. The second-order valence-electron chi connectivity index (χ2n) is 5.81. The van der Waals surface area contributed by atoms with Gasteiger partial charge in [-0.05, 0) is 29.3 Å². The van der Waals surface area contributed by atoms with Crippen molar-refractivity contribution in [2.75, 3.05) is 11.4 Å². The van der Waals surface area contributed by atoms with Crippen molar-refractivity contribution >= 4 is 15.7 Å². The highest BCUT2D eigenvalue weighted by atomic mass is 32.2. The van der Waals surface area contributed by atoms with Crippen LogP contribution >= 0.6 is 0 Å². The second-order valence-corrected chi connectivity index (χ2v) is 7.70. The molecule has 3 aromatic rings. The Balaban J connectivity index is 1.98. The molecule has 26 heavy (non-hydrogen) atoms. The molecular weight excluding hydrogens is 348 g/mol. The molecule has 0 atom stereocenters. The van der Waals surface area contributed by atoms with E-state index in [-0.39, 0.29) is 12.3 Å². The van der Waals surface area contributed by atoms with Crippen molar-refractivity contribution in [3.63, 3.8) is 0 Å². The van der Waals surface area contributed by atoms with Gasteiger partial charge in [0.1, 0.15) is 5.75 Å². The van der Waals surface area contributed by atoms with Crippen LogP contribution in [0.25, 0.3) is 0 Å². The van der Waals surface area contributed by atoms with Crippen molar-refractivity contribution in [3.8, 4) is 5.75 Å². The van der Waals surface area contributed by atoms with E-state index in [4.69, 9.17) is 4.74 Å². The summed E-state index contributed by atoms with van der Waals surface area (Å²) in [6.07, 6.45) is 3.34. The van der Waals surface area contributed by atoms with Crippen molar-refractivity contribution in [1.82, 2.24) is 4.98 Å². The molecule has 2 aromatic carbocycles. The predicted octanol–water partition coefficient (Wildman–Crippen LogP) is 3.63. The average Bonchev–Trinajstić information content (AvgIpc) is 2.67. The van der Waals surface area contributed by atoms with Crippen LogP contribution in [-0.2, 0) is 22.3 Å². The van der Waals surface area contributed by atoms with Crippen LogP contribution < -0.4 is 9.04 Å². The van der Waals surface area contributed by atoms with E-state index in [2.05, 4.69) is 4.98 Å². The predicted molar refractivity (Wildman–Crippen MR) is 102 cm³/mol. The number of hydrogen-bond donors (Lipinski definition) is 0. The molecule has 0 saturated heterocycles. The minimum absolute atomic E-state index is 0.0781. The van der Waals surface area contributed by atoms with E-state index < -0.39 is 10.0 Å². The van der Waals surface area contributed by atoms with E-state index in [1.807, 2.05) is 36.4 Å². The van der Waals surface area contributed by atoms with Crippen molar-refractivity contribution in [1.29, 1.82) is 0 Å². The van der Waals surface area contributed by atoms with Crippen LogP contribution in [0.2, 0.25) is 0 Å². The molecule has 0 saturated carbocycles. The van der Waals surface area contributed by atoms with Crippen LogP contribution in [-0.4, -0.2) is 20.5 Å². The molecule has 0 aliphatic heterocycles. The third kappa shape index (κ3) is 4.40. The van der Waals surface area contributed by atoms with Crippen LogP contribution in [0.5, 0.6) is 5.75 Å². The van der Waals surface area contributed by atoms with E-state index in [1.54, 1.807) is 49.8 Å². The number of sulfonamides is 1. The van der Waals surface area contributed by atoms with Gasteiger partial charge in [0.2, 0.25) is 10.0 Å². The number of methoxy groups -OCH3 is 1. The Kier molecular flexibility index (Phi) is 5.53. The minimum Gasteiger partial charge on any atom is -0.497 e. The van der Waals surface area contributed by atoms with Gasteiger partial charge in [-0.3, -0.25) is 9.29 Å². The Hall–Kier alpha value is -2.86. The van der Waals surface area contributed by atoms with Crippen LogP contribution in [0.4, 0.5) is 5.69 Å². The molecule has 0 aliphatic carbocycles. The molecule has 1 heterocycles. The number of benzene rings is 2. The zero-order valence-corrected chi connectivity index (χ0v) is 15.3. The summed E-state index contributed by atoms with van der Waals surface area (Å²) >= 11 is 0. The molecular formula is C20H20N2O3S. The molecule has 0 bridgehead atoms. The first-order valence-electron chi connectivity index (χ1n) is 8.16. The number of pyridine rings is 1. The highest BCUT2D eigenvalue weighted by molar-refractivity contribution is 7.92.